The van der Waals surface area contributed by atoms with Gasteiger partial charge >= 0.3 is 5.65 Å². The van der Waals surface area contributed by atoms with Gasteiger partial charge in [0.25, 0.3) is 11.8 Å². The van der Waals surface area contributed by atoms with Crippen LogP contribution in [0.3, 0.4) is 0 Å². The van der Waals surface area contributed by atoms with E-state index >= 15 is 0 Å². The number of β-lactam (4-membered cyclic amide) rings is 1. The van der Waals surface area contributed by atoms with Crippen LogP contribution in [-0.2, 0) is 25.8 Å². The van der Waals surface area contributed by atoms with Crippen LogP contribution < -0.4 is 20.7 Å². The van der Waals surface area contributed by atoms with Crippen LogP contribution >= 0.6 is 34.4 Å². The molecule has 2 atom stereocenters. The summed E-state index contributed by atoms with van der Waals surface area (Å²) < 4.78 is 2.80. The molecule has 0 saturated carbocycles. The molecule has 2 aliphatic rings. The molecule has 0 aromatic carbocycles. The van der Waals surface area contributed by atoms with Gasteiger partial charge in [0.2, 0.25) is 0 Å². The second-order valence-corrected chi connectivity index (χ2v) is 10.4. The topological polar surface area (TPSA) is 167 Å². The minimum Gasteiger partial charge on any atom is -0.543 e. The van der Waals surface area contributed by atoms with Crippen molar-refractivity contribution in [3.05, 3.63) is 46.2 Å². The number of carboxylic acids is 1. The molecule has 2 aliphatic heterocycles. The van der Waals surface area contributed by atoms with Crippen molar-refractivity contribution in [3.63, 3.8) is 0 Å². The zero-order valence-electron chi connectivity index (χ0n) is 18.0. The molecule has 5 heterocycles. The summed E-state index contributed by atoms with van der Waals surface area (Å²) in [4.78, 5) is 52.2. The normalized spacial score (nSPS) is 20.0. The number of carbonyl (C=O) groups is 3. The molecule has 1 unspecified atom stereocenters. The molecule has 12 nitrogen and oxygen atoms in total. The number of anilines is 1. The Morgan fingerprint density at radius 2 is 2.26 bits per heavy atom. The summed E-state index contributed by atoms with van der Waals surface area (Å²) in [5.74, 6) is -2.36. The lowest BCUT2D eigenvalue weighted by Crippen LogP contribution is -2.71. The van der Waals surface area contributed by atoms with Crippen LogP contribution in [-0.4, -0.2) is 62.6 Å². The molecule has 3 aromatic heterocycles. The first-order valence-electron chi connectivity index (χ1n) is 10.1. The van der Waals surface area contributed by atoms with Crippen molar-refractivity contribution >= 4 is 73.4 Å². The summed E-state index contributed by atoms with van der Waals surface area (Å²) in [5.41, 5.74) is 8.49. The molecule has 0 bridgehead atoms. The molecule has 0 spiro atoms. The maximum absolute atomic E-state index is 13.0. The molecule has 0 aliphatic carbocycles. The third-order valence-electron chi connectivity index (χ3n) is 5.41. The summed E-state index contributed by atoms with van der Waals surface area (Å²) in [7, 11) is 1.28. The number of hydrogen-bond acceptors (Lipinski definition) is 12. The molecule has 3 N–H and O–H groups in total. The number of nitrogen functional groups attached to an aromatic ring is 1. The van der Waals surface area contributed by atoms with E-state index in [1.807, 2.05) is 22.9 Å². The van der Waals surface area contributed by atoms with Crippen molar-refractivity contribution < 1.29 is 28.9 Å². The number of nitrogens with zero attached hydrogens (tertiary/aromatic N) is 5. The molecule has 5 rings (SSSR count). The number of hydrogen-bond donors (Lipinski definition) is 2. The van der Waals surface area contributed by atoms with Crippen molar-refractivity contribution in [2.45, 2.75) is 18.0 Å². The Hall–Kier alpha value is -3.56. The number of nitrogens with two attached hydrogens (primary N) is 1. The minimum absolute atomic E-state index is 0.142. The van der Waals surface area contributed by atoms with E-state index in [9.17, 15) is 19.5 Å². The molecular weight excluding hydrogens is 514 g/mol. The number of aromatic nitrogens is 3. The van der Waals surface area contributed by atoms with Gasteiger partial charge in [-0.15, -0.1) is 23.1 Å². The van der Waals surface area contributed by atoms with Crippen LogP contribution in [0.5, 0.6) is 0 Å². The molecule has 1 saturated heterocycles. The maximum atomic E-state index is 13.0. The summed E-state index contributed by atoms with van der Waals surface area (Å²) in [6, 6.07) is 2.83. The monoisotopic (exact) mass is 531 g/mol. The van der Waals surface area contributed by atoms with Crippen molar-refractivity contribution in [2.75, 3.05) is 18.6 Å². The van der Waals surface area contributed by atoms with E-state index in [1.165, 1.54) is 35.1 Å². The molecule has 35 heavy (non-hydrogen) atoms. The van der Waals surface area contributed by atoms with Gasteiger partial charge in [-0.1, -0.05) is 16.5 Å². The second kappa shape index (κ2) is 9.24. The van der Waals surface area contributed by atoms with Gasteiger partial charge in [0.15, 0.2) is 16.4 Å². The van der Waals surface area contributed by atoms with Crippen molar-refractivity contribution in [2.24, 2.45) is 5.16 Å². The van der Waals surface area contributed by atoms with E-state index in [0.717, 1.165) is 21.7 Å². The first-order chi connectivity index (χ1) is 16.9. The number of oxime groups is 1. The smallest absolute Gasteiger partial charge is 0.341 e. The number of carboxylic acid groups (broad SMARTS) is 1. The van der Waals surface area contributed by atoms with Crippen LogP contribution in [0.4, 0.5) is 5.13 Å². The van der Waals surface area contributed by atoms with E-state index in [0.29, 0.717) is 11.3 Å². The number of carbonyl (C=O) groups excluding carboxylic acids is 3. The van der Waals surface area contributed by atoms with Gasteiger partial charge in [-0.2, -0.15) is 0 Å². The summed E-state index contributed by atoms with van der Waals surface area (Å²) in [6.07, 6.45) is 1.81. The number of amides is 2. The molecule has 0 radical (unpaired) electrons. The number of thiazole rings is 2. The average molecular weight is 532 g/mol. The fraction of sp³-hybridized carbons (Fsp3) is 0.250. The highest BCUT2D eigenvalue weighted by molar-refractivity contribution is 8.00. The fourth-order valence-corrected chi connectivity index (χ4v) is 6.49. The van der Waals surface area contributed by atoms with E-state index in [1.54, 1.807) is 10.9 Å². The number of rotatable bonds is 7. The number of nitrogens with one attached hydrogen (secondary N) is 1. The van der Waals surface area contributed by atoms with Gasteiger partial charge in [-0.05, 0) is 17.1 Å². The Balaban J connectivity index is 1.38. The van der Waals surface area contributed by atoms with E-state index in [2.05, 4.69) is 20.4 Å². The van der Waals surface area contributed by atoms with Crippen LogP contribution in [0, 0.1) is 0 Å². The average Bonchev–Trinajstić information content (AvgIpc) is 3.49. The number of aliphatic carboxylic acids is 1. The van der Waals surface area contributed by atoms with Crippen LogP contribution in [0.1, 0.15) is 5.69 Å². The Morgan fingerprint density at radius 1 is 1.43 bits per heavy atom. The third kappa shape index (κ3) is 4.11. The van der Waals surface area contributed by atoms with E-state index < -0.39 is 29.2 Å². The SMILES string of the molecule is CON=C(C(=O)NC1C(=O)N2C(C(=O)[O-])=C(C[n+]3cccc4scnc43)CS[C@@H]12)c1csc(N)n1. The number of pyridine rings is 1. The van der Waals surface area contributed by atoms with Crippen LogP contribution in [0.25, 0.3) is 10.3 Å². The Labute approximate surface area is 210 Å². The lowest BCUT2D eigenvalue weighted by Gasteiger charge is -2.50. The van der Waals surface area contributed by atoms with Gasteiger partial charge < -0.3 is 25.8 Å². The van der Waals surface area contributed by atoms with Gasteiger partial charge in [0.05, 0.1) is 17.9 Å². The van der Waals surface area contributed by atoms with E-state index in [-0.39, 0.29) is 28.8 Å². The highest BCUT2D eigenvalue weighted by Crippen LogP contribution is 2.40. The van der Waals surface area contributed by atoms with Gasteiger partial charge in [0, 0.05) is 16.7 Å². The van der Waals surface area contributed by atoms with Crippen LogP contribution in [0.2, 0.25) is 0 Å². The first kappa shape index (κ1) is 23.2. The zero-order chi connectivity index (χ0) is 24.7. The Kier molecular flexibility index (Phi) is 6.12. The van der Waals surface area contributed by atoms with Crippen molar-refractivity contribution in [1.29, 1.82) is 0 Å². The summed E-state index contributed by atoms with van der Waals surface area (Å²) >= 11 is 3.96. The highest BCUT2D eigenvalue weighted by atomic mass is 32.2. The Morgan fingerprint density at radius 3 is 2.97 bits per heavy atom. The van der Waals surface area contributed by atoms with Crippen molar-refractivity contribution in [1.82, 2.24) is 20.2 Å². The van der Waals surface area contributed by atoms with Crippen molar-refractivity contribution in [3.8, 4) is 0 Å². The first-order valence-corrected chi connectivity index (χ1v) is 12.9. The standard InChI is InChI=1S/C20H17N7O5S3/c1-32-25-12(10-7-34-20(21)23-10)16(28)24-13-17(29)27-14(19(30)31)9(6-33-18(13)27)5-26-4-2-3-11-15(26)22-8-35-11/h2-4,7-8,13,18H,5-6H2,1H3,(H3-,21,23,24,28,30,31)/t13?,18-/m0/s1. The predicted octanol–water partition coefficient (Wildman–Crippen LogP) is -0.923. The largest absolute Gasteiger partial charge is 0.543 e. The lowest BCUT2D eigenvalue weighted by atomic mass is 10.0. The fourth-order valence-electron chi connectivity index (χ4n) is 3.91. The van der Waals surface area contributed by atoms with Gasteiger partial charge in [-0.25, -0.2) is 9.55 Å². The van der Waals surface area contributed by atoms with Gasteiger partial charge in [0.1, 0.15) is 35.5 Å². The van der Waals surface area contributed by atoms with Crippen LogP contribution in [0.15, 0.2) is 45.6 Å². The minimum atomic E-state index is -1.45. The third-order valence-corrected chi connectivity index (χ3v) is 8.21. The highest BCUT2D eigenvalue weighted by Gasteiger charge is 2.53. The quantitative estimate of drug-likeness (QED) is 0.170. The number of fused-ring (bicyclic) bond motifs is 2. The molecule has 3 aromatic rings. The zero-order valence-corrected chi connectivity index (χ0v) is 20.5. The number of thioether (sulfide) groups is 1. The Bertz CT molecular complexity index is 1410. The van der Waals surface area contributed by atoms with E-state index in [4.69, 9.17) is 10.6 Å². The predicted molar refractivity (Wildman–Crippen MR) is 127 cm³/mol. The molecule has 1 fully saturated rings. The molecule has 15 heteroatoms. The van der Waals surface area contributed by atoms with Gasteiger partial charge in [-0.3, -0.25) is 14.5 Å². The maximum Gasteiger partial charge on any atom is 0.341 e. The summed E-state index contributed by atoms with van der Waals surface area (Å²) in [6.45, 7) is 0.237. The summed E-state index contributed by atoms with van der Waals surface area (Å²) in [5, 5.41) is 19.6. The second-order valence-electron chi connectivity index (χ2n) is 7.47. The molecular formula is C20H17N7O5S3. The lowest BCUT2D eigenvalue weighted by molar-refractivity contribution is -0.664. The molecule has 180 valence electrons. The molecule has 2 amide bonds.